The van der Waals surface area contributed by atoms with Gasteiger partial charge < -0.3 is 19.7 Å². The van der Waals surface area contributed by atoms with Crippen molar-refractivity contribution in [1.29, 1.82) is 0 Å². The van der Waals surface area contributed by atoms with Gasteiger partial charge >= 0.3 is 0 Å². The van der Waals surface area contributed by atoms with E-state index in [9.17, 15) is 9.59 Å². The van der Waals surface area contributed by atoms with E-state index in [-0.39, 0.29) is 29.3 Å². The van der Waals surface area contributed by atoms with Crippen LogP contribution < -0.4 is 14.8 Å². The smallest absolute Gasteiger partial charge is 0.255 e. The maximum absolute atomic E-state index is 13.3. The molecule has 1 heterocycles. The first-order valence-corrected chi connectivity index (χ1v) is 11.2. The molecular weight excluding hydrogens is 451 g/mol. The van der Waals surface area contributed by atoms with Crippen molar-refractivity contribution in [3.63, 3.8) is 0 Å². The Balaban J connectivity index is 1.94. The molecule has 1 N–H and O–H groups in total. The van der Waals surface area contributed by atoms with Gasteiger partial charge in [0.1, 0.15) is 11.5 Å². The Morgan fingerprint density at radius 3 is 2.47 bits per heavy atom. The number of ether oxygens (including phenoxy) is 2. The van der Waals surface area contributed by atoms with E-state index in [1.807, 2.05) is 26.0 Å². The maximum Gasteiger partial charge on any atom is 0.255 e. The van der Waals surface area contributed by atoms with Gasteiger partial charge in [0, 0.05) is 42.2 Å². The van der Waals surface area contributed by atoms with Crippen LogP contribution in [0, 0.1) is 11.8 Å². The van der Waals surface area contributed by atoms with Gasteiger partial charge in [0.2, 0.25) is 5.91 Å². The lowest BCUT2D eigenvalue weighted by Gasteiger charge is -2.21. The standard InChI is InChI=1S/C24H28Cl2N2O4/c1-14(2)11-27-23(29)20-13-28(24(30)18-7-5-15(25)9-21(18)26)12-19(20)17-8-6-16(31-3)10-22(17)32-4/h5-10,14,19-20H,11-13H2,1-4H3,(H,27,29)/t19-,20-/m0/s1. The topological polar surface area (TPSA) is 67.9 Å². The molecule has 1 fully saturated rings. The molecular formula is C24H28Cl2N2O4. The number of hydrogen-bond acceptors (Lipinski definition) is 4. The third-order valence-corrected chi connectivity index (χ3v) is 6.18. The summed E-state index contributed by atoms with van der Waals surface area (Å²) < 4.78 is 10.9. The van der Waals surface area contributed by atoms with Crippen molar-refractivity contribution in [2.45, 2.75) is 19.8 Å². The van der Waals surface area contributed by atoms with Crippen LogP contribution in [0.1, 0.15) is 35.7 Å². The highest BCUT2D eigenvalue weighted by Crippen LogP contribution is 2.40. The third kappa shape index (κ3) is 5.30. The molecule has 6 nitrogen and oxygen atoms in total. The zero-order valence-electron chi connectivity index (χ0n) is 18.7. The molecule has 0 spiro atoms. The molecule has 1 aliphatic heterocycles. The van der Waals surface area contributed by atoms with Crippen LogP contribution in [0.4, 0.5) is 0 Å². The van der Waals surface area contributed by atoms with Gasteiger partial charge in [-0.25, -0.2) is 0 Å². The van der Waals surface area contributed by atoms with Crippen LogP contribution in [-0.4, -0.2) is 50.6 Å². The second-order valence-corrected chi connectivity index (χ2v) is 9.14. The number of hydrogen-bond donors (Lipinski definition) is 1. The van der Waals surface area contributed by atoms with Crippen molar-refractivity contribution in [3.8, 4) is 11.5 Å². The number of halogens is 2. The van der Waals surface area contributed by atoms with Crippen LogP contribution in [0.15, 0.2) is 36.4 Å². The van der Waals surface area contributed by atoms with Gasteiger partial charge in [0.05, 0.1) is 30.7 Å². The first kappa shape index (κ1) is 24.2. The van der Waals surface area contributed by atoms with E-state index in [4.69, 9.17) is 32.7 Å². The summed E-state index contributed by atoms with van der Waals surface area (Å²) in [4.78, 5) is 28.0. The lowest BCUT2D eigenvalue weighted by molar-refractivity contribution is -0.125. The highest BCUT2D eigenvalue weighted by atomic mass is 35.5. The summed E-state index contributed by atoms with van der Waals surface area (Å²) in [5.74, 6) is 0.617. The molecule has 0 aromatic heterocycles. The molecule has 0 unspecified atom stereocenters. The van der Waals surface area contributed by atoms with Gasteiger partial charge in [-0.3, -0.25) is 9.59 Å². The van der Waals surface area contributed by atoms with Crippen molar-refractivity contribution in [1.82, 2.24) is 10.2 Å². The van der Waals surface area contributed by atoms with Crippen molar-refractivity contribution in [2.24, 2.45) is 11.8 Å². The van der Waals surface area contributed by atoms with Crippen molar-refractivity contribution < 1.29 is 19.1 Å². The Bertz CT molecular complexity index is 996. The van der Waals surface area contributed by atoms with Crippen LogP contribution in [0.5, 0.6) is 11.5 Å². The molecule has 3 rings (SSSR count). The number of rotatable bonds is 7. The average Bonchev–Trinajstić information content (AvgIpc) is 3.21. The number of likely N-dealkylation sites (tertiary alicyclic amines) is 1. The van der Waals surface area contributed by atoms with E-state index in [0.29, 0.717) is 41.1 Å². The van der Waals surface area contributed by atoms with Crippen LogP contribution in [0.3, 0.4) is 0 Å². The van der Waals surface area contributed by atoms with Gasteiger partial charge in [0.15, 0.2) is 0 Å². The summed E-state index contributed by atoms with van der Waals surface area (Å²) in [6.45, 7) is 5.29. The molecule has 2 aromatic carbocycles. The summed E-state index contributed by atoms with van der Waals surface area (Å²) in [6, 6.07) is 10.3. The average molecular weight is 479 g/mol. The summed E-state index contributed by atoms with van der Waals surface area (Å²) in [5.41, 5.74) is 1.22. The molecule has 2 amide bonds. The SMILES string of the molecule is COc1ccc([C@@H]2CN(C(=O)c3ccc(Cl)cc3Cl)C[C@@H]2C(=O)NCC(C)C)c(OC)c1. The Morgan fingerprint density at radius 2 is 1.84 bits per heavy atom. The fourth-order valence-electron chi connectivity index (χ4n) is 3.94. The molecule has 172 valence electrons. The molecule has 1 aliphatic rings. The van der Waals surface area contributed by atoms with Crippen LogP contribution in [0.25, 0.3) is 0 Å². The van der Waals surface area contributed by atoms with Gasteiger partial charge in [-0.2, -0.15) is 0 Å². The molecule has 0 radical (unpaired) electrons. The number of benzene rings is 2. The number of methoxy groups -OCH3 is 2. The largest absolute Gasteiger partial charge is 0.497 e. The van der Waals surface area contributed by atoms with E-state index in [2.05, 4.69) is 5.32 Å². The molecule has 0 bridgehead atoms. The van der Waals surface area contributed by atoms with E-state index in [1.165, 1.54) is 0 Å². The quantitative estimate of drug-likeness (QED) is 0.629. The maximum atomic E-state index is 13.3. The minimum absolute atomic E-state index is 0.0842. The summed E-state index contributed by atoms with van der Waals surface area (Å²) >= 11 is 12.3. The minimum Gasteiger partial charge on any atom is -0.497 e. The predicted octanol–water partition coefficient (Wildman–Crippen LogP) is 4.64. The Kier molecular flexibility index (Phi) is 7.91. The first-order valence-electron chi connectivity index (χ1n) is 10.5. The lowest BCUT2D eigenvalue weighted by atomic mass is 9.87. The lowest BCUT2D eigenvalue weighted by Crippen LogP contribution is -2.37. The van der Waals surface area contributed by atoms with Crippen molar-refractivity contribution in [3.05, 3.63) is 57.6 Å². The molecule has 32 heavy (non-hydrogen) atoms. The molecule has 2 aromatic rings. The molecule has 0 saturated carbocycles. The molecule has 0 aliphatic carbocycles. The normalized spacial score (nSPS) is 18.0. The zero-order chi connectivity index (χ0) is 23.4. The molecule has 1 saturated heterocycles. The first-order chi connectivity index (χ1) is 15.2. The highest BCUT2D eigenvalue weighted by Gasteiger charge is 2.42. The number of carbonyl (C=O) groups is 2. The number of amides is 2. The monoisotopic (exact) mass is 478 g/mol. The number of carbonyl (C=O) groups excluding carboxylic acids is 2. The summed E-state index contributed by atoms with van der Waals surface area (Å²) in [5, 5.41) is 3.76. The van der Waals surface area contributed by atoms with Crippen LogP contribution in [-0.2, 0) is 4.79 Å². The van der Waals surface area contributed by atoms with Crippen LogP contribution >= 0.6 is 23.2 Å². The van der Waals surface area contributed by atoms with E-state index in [1.54, 1.807) is 43.4 Å². The van der Waals surface area contributed by atoms with E-state index < -0.39 is 5.92 Å². The Labute approximate surface area is 198 Å². The predicted molar refractivity (Wildman–Crippen MR) is 126 cm³/mol. The number of nitrogens with one attached hydrogen (secondary N) is 1. The van der Waals surface area contributed by atoms with Gasteiger partial charge in [-0.15, -0.1) is 0 Å². The summed E-state index contributed by atoms with van der Waals surface area (Å²) in [7, 11) is 3.17. The minimum atomic E-state index is -0.425. The Hall–Kier alpha value is -2.44. The number of nitrogens with zero attached hydrogens (tertiary/aromatic N) is 1. The fourth-order valence-corrected chi connectivity index (χ4v) is 4.43. The van der Waals surface area contributed by atoms with Crippen molar-refractivity contribution >= 4 is 35.0 Å². The Morgan fingerprint density at radius 1 is 1.09 bits per heavy atom. The van der Waals surface area contributed by atoms with Gasteiger partial charge in [-0.05, 0) is 30.2 Å². The summed E-state index contributed by atoms with van der Waals surface area (Å²) in [6.07, 6.45) is 0. The second-order valence-electron chi connectivity index (χ2n) is 8.29. The molecule has 2 atom stereocenters. The van der Waals surface area contributed by atoms with Crippen LogP contribution in [0.2, 0.25) is 10.0 Å². The zero-order valence-corrected chi connectivity index (χ0v) is 20.2. The third-order valence-electron chi connectivity index (χ3n) is 5.63. The second kappa shape index (κ2) is 10.5. The van der Waals surface area contributed by atoms with E-state index >= 15 is 0 Å². The van der Waals surface area contributed by atoms with Gasteiger partial charge in [-0.1, -0.05) is 43.1 Å². The van der Waals surface area contributed by atoms with Gasteiger partial charge in [0.25, 0.3) is 5.91 Å². The van der Waals surface area contributed by atoms with Crippen molar-refractivity contribution in [2.75, 3.05) is 33.9 Å². The fraction of sp³-hybridized carbons (Fsp3) is 0.417. The molecule has 8 heteroatoms. The highest BCUT2D eigenvalue weighted by molar-refractivity contribution is 6.36. The van der Waals surface area contributed by atoms with E-state index in [0.717, 1.165) is 5.56 Å².